The van der Waals surface area contributed by atoms with Crippen LogP contribution < -0.4 is 15.8 Å². The fourth-order valence-corrected chi connectivity index (χ4v) is 1.69. The molecule has 2 aromatic rings. The molecule has 0 saturated carbocycles. The highest BCUT2D eigenvalue weighted by molar-refractivity contribution is 5.99. The van der Waals surface area contributed by atoms with Gasteiger partial charge >= 0.3 is 0 Å². The summed E-state index contributed by atoms with van der Waals surface area (Å²) < 4.78 is 6.78. The van der Waals surface area contributed by atoms with E-state index in [9.17, 15) is 4.79 Å². The van der Waals surface area contributed by atoms with Crippen LogP contribution in [-0.4, -0.2) is 29.3 Å². The van der Waals surface area contributed by atoms with E-state index in [-0.39, 0.29) is 5.91 Å². The molecular formula is C13H16N4O2. The van der Waals surface area contributed by atoms with Crippen molar-refractivity contribution in [3.05, 3.63) is 42.2 Å². The van der Waals surface area contributed by atoms with Crippen LogP contribution in [0.15, 0.2) is 36.7 Å². The predicted octanol–water partition coefficient (Wildman–Crippen LogP) is 0.904. The van der Waals surface area contributed by atoms with Gasteiger partial charge in [-0.1, -0.05) is 0 Å². The van der Waals surface area contributed by atoms with Crippen molar-refractivity contribution < 1.29 is 9.53 Å². The van der Waals surface area contributed by atoms with E-state index in [0.29, 0.717) is 30.1 Å². The van der Waals surface area contributed by atoms with E-state index in [2.05, 4.69) is 10.4 Å². The first-order valence-electron chi connectivity index (χ1n) is 5.90. The van der Waals surface area contributed by atoms with Crippen LogP contribution in [0.3, 0.4) is 0 Å². The molecule has 0 spiro atoms. The van der Waals surface area contributed by atoms with Crippen LogP contribution in [0.1, 0.15) is 10.4 Å². The maximum atomic E-state index is 11.9. The maximum absolute atomic E-state index is 11.9. The number of methoxy groups -OCH3 is 1. The molecule has 0 unspecified atom stereocenters. The van der Waals surface area contributed by atoms with E-state index in [1.54, 1.807) is 36.2 Å². The zero-order valence-corrected chi connectivity index (χ0v) is 10.7. The zero-order valence-electron chi connectivity index (χ0n) is 10.7. The van der Waals surface area contributed by atoms with Gasteiger partial charge in [0, 0.05) is 30.7 Å². The van der Waals surface area contributed by atoms with Crippen molar-refractivity contribution in [1.82, 2.24) is 15.1 Å². The summed E-state index contributed by atoms with van der Waals surface area (Å²) in [7, 11) is 1.55. The number of nitrogen functional groups attached to an aromatic ring is 1. The highest BCUT2D eigenvalue weighted by atomic mass is 16.5. The fourth-order valence-electron chi connectivity index (χ4n) is 1.69. The van der Waals surface area contributed by atoms with Crippen LogP contribution in [0.25, 0.3) is 0 Å². The monoisotopic (exact) mass is 260 g/mol. The van der Waals surface area contributed by atoms with Crippen molar-refractivity contribution in [1.29, 1.82) is 0 Å². The summed E-state index contributed by atoms with van der Waals surface area (Å²) in [5.41, 5.74) is 6.65. The Kier molecular flexibility index (Phi) is 4.02. The Balaban J connectivity index is 1.92. The second-order valence-corrected chi connectivity index (χ2v) is 3.98. The lowest BCUT2D eigenvalue weighted by Crippen LogP contribution is -2.28. The Morgan fingerprint density at radius 2 is 2.37 bits per heavy atom. The van der Waals surface area contributed by atoms with Crippen LogP contribution in [0.5, 0.6) is 5.75 Å². The Bertz CT molecular complexity index is 552. The van der Waals surface area contributed by atoms with Crippen molar-refractivity contribution in [2.75, 3.05) is 19.4 Å². The highest BCUT2D eigenvalue weighted by Crippen LogP contribution is 2.19. The van der Waals surface area contributed by atoms with Gasteiger partial charge < -0.3 is 15.8 Å². The van der Waals surface area contributed by atoms with Crippen LogP contribution in [0, 0.1) is 0 Å². The van der Waals surface area contributed by atoms with Gasteiger partial charge in [-0.3, -0.25) is 9.48 Å². The zero-order chi connectivity index (χ0) is 13.7. The van der Waals surface area contributed by atoms with Crippen molar-refractivity contribution in [3.8, 4) is 5.75 Å². The minimum atomic E-state index is -0.202. The number of rotatable bonds is 5. The Morgan fingerprint density at radius 3 is 3.00 bits per heavy atom. The average molecular weight is 260 g/mol. The van der Waals surface area contributed by atoms with Gasteiger partial charge in [-0.2, -0.15) is 5.10 Å². The van der Waals surface area contributed by atoms with Gasteiger partial charge in [0.2, 0.25) is 0 Å². The summed E-state index contributed by atoms with van der Waals surface area (Å²) in [6.45, 7) is 1.11. The largest absolute Gasteiger partial charge is 0.497 e. The smallest absolute Gasteiger partial charge is 0.253 e. The summed E-state index contributed by atoms with van der Waals surface area (Å²) in [5.74, 6) is 0.429. The Morgan fingerprint density at radius 1 is 1.53 bits per heavy atom. The Labute approximate surface area is 111 Å². The third-order valence-corrected chi connectivity index (χ3v) is 2.69. The number of ether oxygens (including phenoxy) is 1. The van der Waals surface area contributed by atoms with E-state index in [4.69, 9.17) is 10.5 Å². The van der Waals surface area contributed by atoms with E-state index >= 15 is 0 Å². The lowest BCUT2D eigenvalue weighted by atomic mass is 10.1. The molecule has 1 amide bonds. The molecule has 0 bridgehead atoms. The Hall–Kier alpha value is -2.50. The van der Waals surface area contributed by atoms with Gasteiger partial charge in [0.15, 0.2) is 0 Å². The van der Waals surface area contributed by atoms with E-state index in [1.165, 1.54) is 0 Å². The minimum absolute atomic E-state index is 0.202. The van der Waals surface area contributed by atoms with E-state index in [0.717, 1.165) is 0 Å². The quantitative estimate of drug-likeness (QED) is 0.783. The topological polar surface area (TPSA) is 82.2 Å². The number of nitrogens with two attached hydrogens (primary N) is 1. The SMILES string of the molecule is COc1ccc(C(=O)NCCn2cccn2)c(N)c1. The lowest BCUT2D eigenvalue weighted by Gasteiger charge is -2.09. The number of benzene rings is 1. The van der Waals surface area contributed by atoms with Crippen LogP contribution in [-0.2, 0) is 6.54 Å². The molecule has 0 aliphatic heterocycles. The molecule has 1 heterocycles. The normalized spacial score (nSPS) is 10.2. The molecule has 100 valence electrons. The third kappa shape index (κ3) is 3.25. The average Bonchev–Trinajstić information content (AvgIpc) is 2.91. The molecule has 1 aromatic carbocycles. The third-order valence-electron chi connectivity index (χ3n) is 2.69. The van der Waals surface area contributed by atoms with Gasteiger partial charge in [-0.15, -0.1) is 0 Å². The molecule has 0 aliphatic carbocycles. The van der Waals surface area contributed by atoms with Crippen molar-refractivity contribution in [2.45, 2.75) is 6.54 Å². The molecule has 6 nitrogen and oxygen atoms in total. The number of hydrogen-bond acceptors (Lipinski definition) is 4. The highest BCUT2D eigenvalue weighted by Gasteiger charge is 2.09. The van der Waals surface area contributed by atoms with Crippen molar-refractivity contribution in [2.24, 2.45) is 0 Å². The molecule has 0 fully saturated rings. The number of anilines is 1. The maximum Gasteiger partial charge on any atom is 0.253 e. The number of nitrogens with zero attached hydrogens (tertiary/aromatic N) is 2. The lowest BCUT2D eigenvalue weighted by molar-refractivity contribution is 0.0953. The number of nitrogens with one attached hydrogen (secondary N) is 1. The van der Waals surface area contributed by atoms with Crippen LogP contribution in [0.4, 0.5) is 5.69 Å². The first kappa shape index (κ1) is 12.9. The second kappa shape index (κ2) is 5.90. The summed E-state index contributed by atoms with van der Waals surface area (Å²) in [4.78, 5) is 11.9. The standard InChI is InChI=1S/C13H16N4O2/c1-19-10-3-4-11(12(14)9-10)13(18)15-6-8-17-7-2-5-16-17/h2-5,7,9H,6,8,14H2,1H3,(H,15,18). The van der Waals surface area contributed by atoms with Crippen LogP contribution in [0.2, 0.25) is 0 Å². The molecule has 0 radical (unpaired) electrons. The van der Waals surface area contributed by atoms with E-state index in [1.807, 2.05) is 12.3 Å². The predicted molar refractivity (Wildman–Crippen MR) is 72.0 cm³/mol. The molecule has 0 atom stereocenters. The van der Waals surface area contributed by atoms with Gasteiger partial charge in [0.25, 0.3) is 5.91 Å². The summed E-state index contributed by atoms with van der Waals surface area (Å²) in [6, 6.07) is 6.82. The summed E-state index contributed by atoms with van der Waals surface area (Å²) in [6.07, 6.45) is 3.54. The van der Waals surface area contributed by atoms with Gasteiger partial charge in [-0.25, -0.2) is 0 Å². The van der Waals surface area contributed by atoms with Crippen molar-refractivity contribution in [3.63, 3.8) is 0 Å². The number of carbonyl (C=O) groups excluding carboxylic acids is 1. The first-order valence-corrected chi connectivity index (χ1v) is 5.90. The molecule has 1 aromatic heterocycles. The van der Waals surface area contributed by atoms with E-state index < -0.39 is 0 Å². The molecular weight excluding hydrogens is 244 g/mol. The van der Waals surface area contributed by atoms with Crippen molar-refractivity contribution >= 4 is 11.6 Å². The molecule has 2 rings (SSSR count). The summed E-state index contributed by atoms with van der Waals surface area (Å²) in [5, 5.41) is 6.85. The second-order valence-electron chi connectivity index (χ2n) is 3.98. The number of hydrogen-bond donors (Lipinski definition) is 2. The molecule has 6 heteroatoms. The van der Waals surface area contributed by atoms with Gasteiger partial charge in [0.05, 0.1) is 19.2 Å². The minimum Gasteiger partial charge on any atom is -0.497 e. The molecule has 3 N–H and O–H groups in total. The first-order chi connectivity index (χ1) is 9.20. The fraction of sp³-hybridized carbons (Fsp3) is 0.231. The van der Waals surface area contributed by atoms with Gasteiger partial charge in [-0.05, 0) is 18.2 Å². The number of aromatic nitrogens is 2. The molecule has 0 aliphatic rings. The molecule has 0 saturated heterocycles. The number of carbonyl (C=O) groups is 1. The number of amides is 1. The summed E-state index contributed by atoms with van der Waals surface area (Å²) >= 11 is 0. The van der Waals surface area contributed by atoms with Crippen LogP contribution >= 0.6 is 0 Å². The molecule has 19 heavy (non-hydrogen) atoms. The van der Waals surface area contributed by atoms with Gasteiger partial charge in [0.1, 0.15) is 5.75 Å².